The first-order valence-corrected chi connectivity index (χ1v) is 8.18. The van der Waals surface area contributed by atoms with E-state index in [0.717, 1.165) is 28.9 Å². The Kier molecular flexibility index (Phi) is 8.00. The standard InChI is InChI=1S/C16H26BrNO2/c1-5-8-13(6-2)18-11-12-9-14(17)16(20-7-3)15(10-12)19-4/h9-10,13,18H,5-8,11H2,1-4H3. The summed E-state index contributed by atoms with van der Waals surface area (Å²) in [6, 6.07) is 4.72. The lowest BCUT2D eigenvalue weighted by molar-refractivity contribution is 0.308. The van der Waals surface area contributed by atoms with E-state index in [1.165, 1.54) is 18.4 Å². The molecule has 0 heterocycles. The second-order valence-electron chi connectivity index (χ2n) is 4.82. The quantitative estimate of drug-likeness (QED) is 0.714. The summed E-state index contributed by atoms with van der Waals surface area (Å²) < 4.78 is 12.0. The molecule has 0 spiro atoms. The normalized spacial score (nSPS) is 12.2. The first kappa shape index (κ1) is 17.3. The first-order valence-electron chi connectivity index (χ1n) is 7.38. The zero-order valence-electron chi connectivity index (χ0n) is 13.0. The summed E-state index contributed by atoms with van der Waals surface area (Å²) in [5.41, 5.74) is 1.20. The van der Waals surface area contributed by atoms with Crippen molar-refractivity contribution >= 4 is 15.9 Å². The van der Waals surface area contributed by atoms with Crippen LogP contribution in [0.1, 0.15) is 45.6 Å². The number of halogens is 1. The molecular weight excluding hydrogens is 318 g/mol. The predicted octanol–water partition coefficient (Wildman–Crippen LogP) is 4.52. The highest BCUT2D eigenvalue weighted by molar-refractivity contribution is 9.10. The van der Waals surface area contributed by atoms with Crippen molar-refractivity contribution in [2.45, 2.75) is 52.6 Å². The molecule has 0 saturated heterocycles. The van der Waals surface area contributed by atoms with Crippen molar-refractivity contribution in [2.24, 2.45) is 0 Å². The minimum atomic E-state index is 0.580. The Bertz CT molecular complexity index is 410. The van der Waals surface area contributed by atoms with Crippen molar-refractivity contribution in [3.05, 3.63) is 22.2 Å². The molecule has 1 unspecified atom stereocenters. The fourth-order valence-corrected chi connectivity index (χ4v) is 2.82. The molecule has 4 heteroatoms. The van der Waals surface area contributed by atoms with Gasteiger partial charge >= 0.3 is 0 Å². The maximum Gasteiger partial charge on any atom is 0.175 e. The van der Waals surface area contributed by atoms with Crippen LogP contribution in [0.5, 0.6) is 11.5 Å². The van der Waals surface area contributed by atoms with E-state index in [0.29, 0.717) is 12.6 Å². The SMILES string of the molecule is CCCC(CC)NCc1cc(Br)c(OCC)c(OC)c1. The van der Waals surface area contributed by atoms with Crippen LogP contribution in [0.25, 0.3) is 0 Å². The van der Waals surface area contributed by atoms with E-state index >= 15 is 0 Å². The lowest BCUT2D eigenvalue weighted by atomic mass is 10.1. The predicted molar refractivity (Wildman–Crippen MR) is 87.7 cm³/mol. The van der Waals surface area contributed by atoms with Crippen molar-refractivity contribution < 1.29 is 9.47 Å². The van der Waals surface area contributed by atoms with Gasteiger partial charge in [-0.15, -0.1) is 0 Å². The Balaban J connectivity index is 2.78. The number of methoxy groups -OCH3 is 1. The third kappa shape index (κ3) is 4.98. The Morgan fingerprint density at radius 3 is 2.55 bits per heavy atom. The molecule has 1 aromatic rings. The number of hydrogen-bond donors (Lipinski definition) is 1. The highest BCUT2D eigenvalue weighted by Gasteiger charge is 2.12. The molecule has 1 N–H and O–H groups in total. The van der Waals surface area contributed by atoms with Crippen molar-refractivity contribution in [1.82, 2.24) is 5.32 Å². The van der Waals surface area contributed by atoms with Crippen molar-refractivity contribution in [2.75, 3.05) is 13.7 Å². The van der Waals surface area contributed by atoms with Gasteiger partial charge in [0.1, 0.15) is 0 Å². The van der Waals surface area contributed by atoms with Crippen LogP contribution in [0.3, 0.4) is 0 Å². The van der Waals surface area contributed by atoms with E-state index in [-0.39, 0.29) is 0 Å². The number of ether oxygens (including phenoxy) is 2. The summed E-state index contributed by atoms with van der Waals surface area (Å²) in [6.45, 7) is 7.89. The maximum atomic E-state index is 5.61. The number of nitrogens with one attached hydrogen (secondary N) is 1. The van der Waals surface area contributed by atoms with Gasteiger partial charge in [-0.2, -0.15) is 0 Å². The fourth-order valence-electron chi connectivity index (χ4n) is 2.22. The lowest BCUT2D eigenvalue weighted by Gasteiger charge is -2.18. The summed E-state index contributed by atoms with van der Waals surface area (Å²) in [6.07, 6.45) is 3.58. The van der Waals surface area contributed by atoms with E-state index in [4.69, 9.17) is 9.47 Å². The Morgan fingerprint density at radius 1 is 1.25 bits per heavy atom. The van der Waals surface area contributed by atoms with Gasteiger partial charge in [0.05, 0.1) is 18.2 Å². The molecule has 0 aliphatic heterocycles. The van der Waals surface area contributed by atoms with E-state index in [9.17, 15) is 0 Å². The molecule has 1 atom stereocenters. The monoisotopic (exact) mass is 343 g/mol. The molecule has 1 aromatic carbocycles. The van der Waals surface area contributed by atoms with Gasteiger partial charge in [0.15, 0.2) is 11.5 Å². The van der Waals surface area contributed by atoms with Gasteiger partial charge in [0.2, 0.25) is 0 Å². The summed E-state index contributed by atoms with van der Waals surface area (Å²) in [5, 5.41) is 3.60. The van der Waals surface area contributed by atoms with Gasteiger partial charge in [0.25, 0.3) is 0 Å². The number of rotatable bonds is 9. The third-order valence-electron chi connectivity index (χ3n) is 3.30. The van der Waals surface area contributed by atoms with Crippen LogP contribution in [-0.2, 0) is 6.54 Å². The molecule has 0 bridgehead atoms. The van der Waals surface area contributed by atoms with E-state index in [1.807, 2.05) is 13.0 Å². The molecule has 0 aliphatic rings. The molecule has 0 saturated carbocycles. The third-order valence-corrected chi connectivity index (χ3v) is 3.89. The van der Waals surface area contributed by atoms with Crippen LogP contribution in [0, 0.1) is 0 Å². The molecule has 3 nitrogen and oxygen atoms in total. The molecule has 0 aromatic heterocycles. The molecule has 0 aliphatic carbocycles. The molecule has 20 heavy (non-hydrogen) atoms. The van der Waals surface area contributed by atoms with Crippen molar-refractivity contribution in [3.8, 4) is 11.5 Å². The zero-order chi connectivity index (χ0) is 15.0. The van der Waals surface area contributed by atoms with E-state index in [2.05, 4.69) is 41.2 Å². The second kappa shape index (κ2) is 9.24. The topological polar surface area (TPSA) is 30.5 Å². The summed E-state index contributed by atoms with van der Waals surface area (Å²) in [4.78, 5) is 0. The van der Waals surface area contributed by atoms with Crippen LogP contribution >= 0.6 is 15.9 Å². The van der Waals surface area contributed by atoms with Gasteiger partial charge in [-0.25, -0.2) is 0 Å². The molecular formula is C16H26BrNO2. The van der Waals surface area contributed by atoms with Gasteiger partial charge in [-0.05, 0) is 53.4 Å². The van der Waals surface area contributed by atoms with E-state index in [1.54, 1.807) is 7.11 Å². The number of benzene rings is 1. The molecule has 114 valence electrons. The minimum Gasteiger partial charge on any atom is -0.493 e. The highest BCUT2D eigenvalue weighted by Crippen LogP contribution is 2.36. The Labute approximate surface area is 131 Å². The van der Waals surface area contributed by atoms with Gasteiger partial charge in [0, 0.05) is 12.6 Å². The minimum absolute atomic E-state index is 0.580. The fraction of sp³-hybridized carbons (Fsp3) is 0.625. The molecule has 1 rings (SSSR count). The van der Waals surface area contributed by atoms with Crippen LogP contribution in [0.15, 0.2) is 16.6 Å². The largest absolute Gasteiger partial charge is 0.493 e. The zero-order valence-corrected chi connectivity index (χ0v) is 14.5. The van der Waals surface area contributed by atoms with Gasteiger partial charge < -0.3 is 14.8 Å². The van der Waals surface area contributed by atoms with Gasteiger partial charge in [-0.3, -0.25) is 0 Å². The molecule has 0 fully saturated rings. The number of hydrogen-bond acceptors (Lipinski definition) is 3. The maximum absolute atomic E-state index is 5.61. The highest BCUT2D eigenvalue weighted by atomic mass is 79.9. The average molecular weight is 344 g/mol. The second-order valence-corrected chi connectivity index (χ2v) is 5.67. The van der Waals surface area contributed by atoms with Crippen molar-refractivity contribution in [3.63, 3.8) is 0 Å². The summed E-state index contributed by atoms with van der Waals surface area (Å²) in [7, 11) is 1.67. The van der Waals surface area contributed by atoms with E-state index < -0.39 is 0 Å². The molecule has 0 radical (unpaired) electrons. The van der Waals surface area contributed by atoms with Crippen LogP contribution in [-0.4, -0.2) is 19.8 Å². The Morgan fingerprint density at radius 2 is 2.00 bits per heavy atom. The van der Waals surface area contributed by atoms with Crippen LogP contribution in [0.4, 0.5) is 0 Å². The van der Waals surface area contributed by atoms with Gasteiger partial charge in [-0.1, -0.05) is 20.3 Å². The van der Waals surface area contributed by atoms with Crippen molar-refractivity contribution in [1.29, 1.82) is 0 Å². The Hall–Kier alpha value is -0.740. The smallest absolute Gasteiger partial charge is 0.175 e. The van der Waals surface area contributed by atoms with Crippen LogP contribution < -0.4 is 14.8 Å². The average Bonchev–Trinajstić information content (AvgIpc) is 2.45. The summed E-state index contributed by atoms with van der Waals surface area (Å²) >= 11 is 3.56. The van der Waals surface area contributed by atoms with Crippen LogP contribution in [0.2, 0.25) is 0 Å². The lowest BCUT2D eigenvalue weighted by Crippen LogP contribution is -2.27. The molecule has 0 amide bonds. The first-order chi connectivity index (χ1) is 9.65. The summed E-state index contributed by atoms with van der Waals surface area (Å²) in [5.74, 6) is 1.56.